The molecule has 1 aromatic rings. The molecule has 3 heteroatoms. The van der Waals surface area contributed by atoms with E-state index in [-0.39, 0.29) is 11.9 Å². The molecule has 1 saturated heterocycles. The lowest BCUT2D eigenvalue weighted by Crippen LogP contribution is -2.41. The van der Waals surface area contributed by atoms with E-state index in [1.54, 1.807) is 0 Å². The van der Waals surface area contributed by atoms with Gasteiger partial charge in [-0.15, -0.1) is 0 Å². The number of carbonyl (C=O) groups excluding carboxylic acids is 1. The summed E-state index contributed by atoms with van der Waals surface area (Å²) < 4.78 is 0. The van der Waals surface area contributed by atoms with Gasteiger partial charge in [-0.05, 0) is 50.3 Å². The van der Waals surface area contributed by atoms with Crippen molar-refractivity contribution in [3.05, 3.63) is 35.9 Å². The first kappa shape index (κ1) is 15.5. The fourth-order valence-electron chi connectivity index (χ4n) is 3.90. The number of amides is 1. The van der Waals surface area contributed by atoms with Gasteiger partial charge in [-0.2, -0.15) is 0 Å². The molecule has 120 valence electrons. The van der Waals surface area contributed by atoms with Gasteiger partial charge in [-0.1, -0.05) is 49.6 Å². The lowest BCUT2D eigenvalue weighted by molar-refractivity contribution is -0.126. The first-order valence-electron chi connectivity index (χ1n) is 8.91. The largest absolute Gasteiger partial charge is 0.354 e. The van der Waals surface area contributed by atoms with Crippen LogP contribution < -0.4 is 5.32 Å². The maximum Gasteiger partial charge on any atom is 0.241 e. The third-order valence-electron chi connectivity index (χ3n) is 5.16. The van der Waals surface area contributed by atoms with Crippen LogP contribution in [0, 0.1) is 5.92 Å². The van der Waals surface area contributed by atoms with Crippen molar-refractivity contribution in [2.24, 2.45) is 5.92 Å². The second-order valence-corrected chi connectivity index (χ2v) is 6.81. The molecular weight excluding hydrogens is 272 g/mol. The Labute approximate surface area is 134 Å². The van der Waals surface area contributed by atoms with Gasteiger partial charge in [0.05, 0.1) is 0 Å². The molecule has 0 spiro atoms. The van der Waals surface area contributed by atoms with Gasteiger partial charge in [-0.25, -0.2) is 0 Å². The summed E-state index contributed by atoms with van der Waals surface area (Å²) in [6, 6.07) is 10.2. The Hall–Kier alpha value is -1.35. The zero-order valence-corrected chi connectivity index (χ0v) is 13.5. The number of hydrogen-bond acceptors (Lipinski definition) is 2. The Morgan fingerprint density at radius 1 is 1.05 bits per heavy atom. The van der Waals surface area contributed by atoms with Gasteiger partial charge in [0.15, 0.2) is 0 Å². The minimum Gasteiger partial charge on any atom is -0.354 e. The molecular formula is C19H28N2O. The van der Waals surface area contributed by atoms with E-state index in [0.29, 0.717) is 5.92 Å². The van der Waals surface area contributed by atoms with Gasteiger partial charge in [0.2, 0.25) is 5.91 Å². The summed E-state index contributed by atoms with van der Waals surface area (Å²) in [5, 5.41) is 3.25. The van der Waals surface area contributed by atoms with Gasteiger partial charge in [0.1, 0.15) is 6.04 Å². The quantitative estimate of drug-likeness (QED) is 0.902. The van der Waals surface area contributed by atoms with E-state index in [1.165, 1.54) is 44.9 Å². The molecule has 22 heavy (non-hydrogen) atoms. The monoisotopic (exact) mass is 300 g/mol. The number of hydrogen-bond donors (Lipinski definition) is 1. The Bertz CT molecular complexity index is 462. The van der Waals surface area contributed by atoms with Crippen LogP contribution in [-0.4, -0.2) is 30.4 Å². The van der Waals surface area contributed by atoms with E-state index in [1.807, 2.05) is 18.2 Å². The minimum absolute atomic E-state index is 0.104. The summed E-state index contributed by atoms with van der Waals surface area (Å²) >= 11 is 0. The molecule has 1 aliphatic carbocycles. The lowest BCUT2D eigenvalue weighted by Gasteiger charge is -2.28. The molecule has 0 bridgehead atoms. The highest BCUT2D eigenvalue weighted by molar-refractivity contribution is 5.83. The van der Waals surface area contributed by atoms with Crippen molar-refractivity contribution in [1.82, 2.24) is 10.2 Å². The Balaban J connectivity index is 1.64. The number of carbonyl (C=O) groups is 1. The molecule has 2 aliphatic rings. The molecule has 1 unspecified atom stereocenters. The topological polar surface area (TPSA) is 32.3 Å². The van der Waals surface area contributed by atoms with Crippen molar-refractivity contribution in [1.29, 1.82) is 0 Å². The smallest absolute Gasteiger partial charge is 0.241 e. The van der Waals surface area contributed by atoms with E-state index in [4.69, 9.17) is 0 Å². The summed E-state index contributed by atoms with van der Waals surface area (Å²) in [7, 11) is 0. The second-order valence-electron chi connectivity index (χ2n) is 6.81. The summed E-state index contributed by atoms with van der Waals surface area (Å²) in [4.78, 5) is 15.2. The average Bonchev–Trinajstić information content (AvgIpc) is 3.09. The van der Waals surface area contributed by atoms with Crippen molar-refractivity contribution in [2.75, 3.05) is 19.6 Å². The Kier molecular flexibility index (Phi) is 5.49. The zero-order valence-electron chi connectivity index (χ0n) is 13.5. The van der Waals surface area contributed by atoms with Gasteiger partial charge in [0, 0.05) is 6.54 Å². The van der Waals surface area contributed by atoms with Crippen molar-refractivity contribution in [3.63, 3.8) is 0 Å². The molecule has 1 aliphatic heterocycles. The Morgan fingerprint density at radius 3 is 2.41 bits per heavy atom. The fraction of sp³-hybridized carbons (Fsp3) is 0.632. The number of benzene rings is 1. The molecule has 3 nitrogen and oxygen atoms in total. The van der Waals surface area contributed by atoms with E-state index in [2.05, 4.69) is 22.3 Å². The number of nitrogens with zero attached hydrogens (tertiary/aromatic N) is 1. The van der Waals surface area contributed by atoms with Crippen LogP contribution in [-0.2, 0) is 4.79 Å². The van der Waals surface area contributed by atoms with Crippen LogP contribution in [0.1, 0.15) is 56.6 Å². The zero-order chi connectivity index (χ0) is 15.2. The van der Waals surface area contributed by atoms with Crippen LogP contribution in [0.25, 0.3) is 0 Å². The van der Waals surface area contributed by atoms with Crippen LogP contribution in [0.3, 0.4) is 0 Å². The van der Waals surface area contributed by atoms with E-state index in [0.717, 1.165) is 25.2 Å². The maximum absolute atomic E-state index is 12.8. The predicted molar refractivity (Wildman–Crippen MR) is 89.6 cm³/mol. The first-order chi connectivity index (χ1) is 10.8. The third kappa shape index (κ3) is 3.89. The minimum atomic E-state index is -0.104. The van der Waals surface area contributed by atoms with Crippen LogP contribution in [0.15, 0.2) is 30.3 Å². The highest BCUT2D eigenvalue weighted by Gasteiger charge is 2.29. The van der Waals surface area contributed by atoms with Crippen molar-refractivity contribution in [2.45, 2.75) is 51.0 Å². The molecule has 3 rings (SSSR count). The first-order valence-corrected chi connectivity index (χ1v) is 8.91. The van der Waals surface area contributed by atoms with Crippen molar-refractivity contribution in [3.8, 4) is 0 Å². The molecule has 1 saturated carbocycles. The molecule has 1 N–H and O–H groups in total. The molecule has 1 amide bonds. The average molecular weight is 300 g/mol. The third-order valence-corrected chi connectivity index (χ3v) is 5.16. The highest BCUT2D eigenvalue weighted by atomic mass is 16.2. The second kappa shape index (κ2) is 7.77. The Morgan fingerprint density at radius 2 is 1.73 bits per heavy atom. The van der Waals surface area contributed by atoms with Crippen LogP contribution in [0.2, 0.25) is 0 Å². The van der Waals surface area contributed by atoms with Gasteiger partial charge in [-0.3, -0.25) is 9.69 Å². The molecule has 0 radical (unpaired) electrons. The SMILES string of the molecule is O=C(NCC1CCCCC1)C(c1ccccc1)N1CCCC1. The number of rotatable bonds is 5. The number of nitrogens with one attached hydrogen (secondary N) is 1. The summed E-state index contributed by atoms with van der Waals surface area (Å²) in [6.07, 6.45) is 8.99. The normalized spacial score (nSPS) is 21.6. The molecule has 1 atom stereocenters. The molecule has 1 heterocycles. The van der Waals surface area contributed by atoms with Gasteiger partial charge < -0.3 is 5.32 Å². The predicted octanol–water partition coefficient (Wildman–Crippen LogP) is 3.52. The lowest BCUT2D eigenvalue weighted by atomic mass is 9.89. The fourth-order valence-corrected chi connectivity index (χ4v) is 3.90. The van der Waals surface area contributed by atoms with Crippen LogP contribution >= 0.6 is 0 Å². The van der Waals surface area contributed by atoms with Crippen molar-refractivity contribution >= 4 is 5.91 Å². The van der Waals surface area contributed by atoms with E-state index in [9.17, 15) is 4.79 Å². The number of likely N-dealkylation sites (tertiary alicyclic amines) is 1. The van der Waals surface area contributed by atoms with Crippen molar-refractivity contribution < 1.29 is 4.79 Å². The van der Waals surface area contributed by atoms with Gasteiger partial charge in [0.25, 0.3) is 0 Å². The highest BCUT2D eigenvalue weighted by Crippen LogP contribution is 2.26. The standard InChI is InChI=1S/C19H28N2O/c22-19(20-15-16-9-3-1-4-10-16)18(21-13-7-8-14-21)17-11-5-2-6-12-17/h2,5-6,11-12,16,18H,1,3-4,7-10,13-15H2,(H,20,22). The maximum atomic E-state index is 12.8. The molecule has 0 aromatic heterocycles. The summed E-state index contributed by atoms with van der Waals surface area (Å²) in [5.74, 6) is 0.881. The van der Waals surface area contributed by atoms with Crippen LogP contribution in [0.4, 0.5) is 0 Å². The van der Waals surface area contributed by atoms with E-state index < -0.39 is 0 Å². The van der Waals surface area contributed by atoms with Gasteiger partial charge >= 0.3 is 0 Å². The molecule has 1 aromatic carbocycles. The molecule has 2 fully saturated rings. The van der Waals surface area contributed by atoms with E-state index >= 15 is 0 Å². The van der Waals surface area contributed by atoms with Crippen LogP contribution in [0.5, 0.6) is 0 Å². The summed E-state index contributed by atoms with van der Waals surface area (Å²) in [6.45, 7) is 2.93. The summed E-state index contributed by atoms with van der Waals surface area (Å²) in [5.41, 5.74) is 1.13.